The second-order valence-electron chi connectivity index (χ2n) is 4.15. The van der Waals surface area contributed by atoms with Crippen LogP contribution in [-0.2, 0) is 16.1 Å². The highest BCUT2D eigenvalue weighted by molar-refractivity contribution is 5.37. The van der Waals surface area contributed by atoms with Crippen molar-refractivity contribution in [1.82, 2.24) is 0 Å². The first-order valence-electron chi connectivity index (χ1n) is 4.96. The molecule has 16 heavy (non-hydrogen) atoms. The molecule has 1 aromatic carbocycles. The van der Waals surface area contributed by atoms with Gasteiger partial charge in [0.15, 0.2) is 0 Å². The summed E-state index contributed by atoms with van der Waals surface area (Å²) in [5, 5.41) is 9.04. The van der Waals surface area contributed by atoms with Gasteiger partial charge in [0.05, 0.1) is 19.3 Å². The van der Waals surface area contributed by atoms with Crippen LogP contribution in [0.25, 0.3) is 0 Å². The molecule has 1 aromatic rings. The van der Waals surface area contributed by atoms with Crippen molar-refractivity contribution in [2.45, 2.75) is 18.3 Å². The molecule has 0 aliphatic carbocycles. The zero-order valence-corrected chi connectivity index (χ0v) is 8.84. The minimum absolute atomic E-state index is 0.0374. The van der Waals surface area contributed by atoms with Crippen LogP contribution in [0.3, 0.4) is 0 Å². The molecule has 0 aromatic heterocycles. The van der Waals surface area contributed by atoms with Gasteiger partial charge in [-0.05, 0) is 5.56 Å². The Morgan fingerprint density at radius 2 is 1.88 bits per heavy atom. The van der Waals surface area contributed by atoms with Gasteiger partial charge in [-0.3, -0.25) is 0 Å². The summed E-state index contributed by atoms with van der Waals surface area (Å²) in [7, 11) is 0. The fraction of sp³-hybridized carbons (Fsp3) is 0.417. The van der Waals surface area contributed by atoms with Gasteiger partial charge in [0.1, 0.15) is 5.41 Å². The molecule has 1 fully saturated rings. The molecule has 0 amide bonds. The molecule has 0 atom stereocenters. The van der Waals surface area contributed by atoms with Crippen LogP contribution >= 0.6 is 0 Å². The normalized spacial score (nSPS) is 18.6. The number of rotatable bonds is 2. The van der Waals surface area contributed by atoms with Crippen molar-refractivity contribution in [2.75, 3.05) is 13.2 Å². The number of ether oxygens (including phenoxy) is 1. The van der Waals surface area contributed by atoms with Crippen LogP contribution in [-0.4, -0.2) is 13.2 Å². The lowest BCUT2D eigenvalue weighted by molar-refractivity contribution is -0.0299. The van der Waals surface area contributed by atoms with E-state index in [1.54, 1.807) is 12.1 Å². The van der Waals surface area contributed by atoms with E-state index in [1.165, 1.54) is 12.1 Å². The van der Waals surface area contributed by atoms with E-state index in [1.807, 2.05) is 0 Å². The molecule has 0 bridgehead atoms. The standard InChI is InChI=1S/C12H11F2NO/c1-11(13,14)9-2-4-10(5-3-9)12(6-15)7-16-8-12/h2-5H,7-8H2,1H3. The van der Waals surface area contributed by atoms with Crippen LogP contribution < -0.4 is 0 Å². The topological polar surface area (TPSA) is 33.0 Å². The maximum absolute atomic E-state index is 13.0. The third-order valence-corrected chi connectivity index (χ3v) is 2.86. The van der Waals surface area contributed by atoms with Gasteiger partial charge in [-0.2, -0.15) is 5.26 Å². The first kappa shape index (κ1) is 11.0. The van der Waals surface area contributed by atoms with Crippen LogP contribution in [0, 0.1) is 11.3 Å². The lowest BCUT2D eigenvalue weighted by Crippen LogP contribution is -2.45. The first-order valence-corrected chi connectivity index (χ1v) is 4.96. The number of halogens is 2. The number of hydrogen-bond acceptors (Lipinski definition) is 2. The molecule has 1 aliphatic heterocycles. The average Bonchev–Trinajstić information content (AvgIpc) is 2.16. The number of benzene rings is 1. The van der Waals surface area contributed by atoms with Crippen molar-refractivity contribution in [3.05, 3.63) is 35.4 Å². The molecule has 4 heteroatoms. The highest BCUT2D eigenvalue weighted by atomic mass is 19.3. The zero-order chi connectivity index (χ0) is 11.8. The Bertz CT molecular complexity index is 424. The third-order valence-electron chi connectivity index (χ3n) is 2.86. The van der Waals surface area contributed by atoms with E-state index >= 15 is 0 Å². The molecule has 0 radical (unpaired) electrons. The Hall–Kier alpha value is -1.47. The molecular formula is C12H11F2NO. The minimum Gasteiger partial charge on any atom is -0.377 e. The molecule has 1 saturated heterocycles. The van der Waals surface area contributed by atoms with Gasteiger partial charge < -0.3 is 4.74 Å². The second kappa shape index (κ2) is 3.53. The number of nitriles is 1. The maximum atomic E-state index is 13.0. The Labute approximate surface area is 92.5 Å². The van der Waals surface area contributed by atoms with Crippen molar-refractivity contribution >= 4 is 0 Å². The Kier molecular flexibility index (Phi) is 2.43. The fourth-order valence-electron chi connectivity index (χ4n) is 1.68. The monoisotopic (exact) mass is 223 g/mol. The zero-order valence-electron chi connectivity index (χ0n) is 8.84. The Balaban J connectivity index is 2.30. The molecule has 2 rings (SSSR count). The third kappa shape index (κ3) is 1.68. The van der Waals surface area contributed by atoms with Gasteiger partial charge in [-0.15, -0.1) is 0 Å². The van der Waals surface area contributed by atoms with Gasteiger partial charge >= 0.3 is 0 Å². The molecule has 0 saturated carbocycles. The van der Waals surface area contributed by atoms with Crippen molar-refractivity contribution in [2.24, 2.45) is 0 Å². The summed E-state index contributed by atoms with van der Waals surface area (Å²) >= 11 is 0. The lowest BCUT2D eigenvalue weighted by Gasteiger charge is -2.35. The molecule has 0 N–H and O–H groups in total. The van der Waals surface area contributed by atoms with Crippen molar-refractivity contribution in [3.8, 4) is 6.07 Å². The summed E-state index contributed by atoms with van der Waals surface area (Å²) in [4.78, 5) is 0. The SMILES string of the molecule is CC(F)(F)c1ccc(C2(C#N)COC2)cc1. The van der Waals surface area contributed by atoms with E-state index in [0.29, 0.717) is 13.2 Å². The van der Waals surface area contributed by atoms with Crippen LogP contribution in [0.4, 0.5) is 8.78 Å². The van der Waals surface area contributed by atoms with Crippen molar-refractivity contribution in [3.63, 3.8) is 0 Å². The first-order chi connectivity index (χ1) is 7.48. The summed E-state index contributed by atoms with van der Waals surface area (Å²) in [5.74, 6) is -2.84. The predicted octanol–water partition coefficient (Wildman–Crippen LogP) is 2.59. The molecule has 84 valence electrons. The molecule has 1 aliphatic rings. The van der Waals surface area contributed by atoms with Gasteiger partial charge in [0.25, 0.3) is 5.92 Å². The highest BCUT2D eigenvalue weighted by Crippen LogP contribution is 2.34. The number of nitrogens with zero attached hydrogens (tertiary/aromatic N) is 1. The van der Waals surface area contributed by atoms with E-state index in [-0.39, 0.29) is 5.56 Å². The predicted molar refractivity (Wildman–Crippen MR) is 54.1 cm³/mol. The average molecular weight is 223 g/mol. The Morgan fingerprint density at radius 3 is 2.19 bits per heavy atom. The van der Waals surface area contributed by atoms with E-state index in [2.05, 4.69) is 6.07 Å². The second-order valence-corrected chi connectivity index (χ2v) is 4.15. The van der Waals surface area contributed by atoms with E-state index in [0.717, 1.165) is 12.5 Å². The summed E-state index contributed by atoms with van der Waals surface area (Å²) in [5.41, 5.74) is 0.0699. The van der Waals surface area contributed by atoms with Crippen LogP contribution in [0.5, 0.6) is 0 Å². The van der Waals surface area contributed by atoms with Crippen molar-refractivity contribution in [1.29, 1.82) is 5.26 Å². The highest BCUT2D eigenvalue weighted by Gasteiger charge is 2.41. The summed E-state index contributed by atoms with van der Waals surface area (Å²) < 4.78 is 31.0. The van der Waals surface area contributed by atoms with E-state index in [4.69, 9.17) is 10.00 Å². The van der Waals surface area contributed by atoms with Gasteiger partial charge in [0, 0.05) is 12.5 Å². The van der Waals surface area contributed by atoms with Crippen LogP contribution in [0.15, 0.2) is 24.3 Å². The Morgan fingerprint density at radius 1 is 1.31 bits per heavy atom. The smallest absolute Gasteiger partial charge is 0.270 e. The van der Waals surface area contributed by atoms with E-state index in [9.17, 15) is 8.78 Å². The summed E-state index contributed by atoms with van der Waals surface area (Å²) in [6.45, 7) is 1.53. The van der Waals surface area contributed by atoms with E-state index < -0.39 is 11.3 Å². The van der Waals surface area contributed by atoms with Gasteiger partial charge in [-0.25, -0.2) is 8.78 Å². The van der Waals surface area contributed by atoms with Crippen molar-refractivity contribution < 1.29 is 13.5 Å². The largest absolute Gasteiger partial charge is 0.377 e. The summed E-state index contributed by atoms with van der Waals surface area (Å²) in [6.07, 6.45) is 0. The van der Waals surface area contributed by atoms with Crippen LogP contribution in [0.1, 0.15) is 18.1 Å². The lowest BCUT2D eigenvalue weighted by atomic mass is 9.80. The number of hydrogen-bond donors (Lipinski definition) is 0. The summed E-state index contributed by atoms with van der Waals surface area (Å²) in [6, 6.07) is 8.08. The quantitative estimate of drug-likeness (QED) is 0.772. The maximum Gasteiger partial charge on any atom is 0.270 e. The molecular weight excluding hydrogens is 212 g/mol. The molecule has 0 spiro atoms. The molecule has 0 unspecified atom stereocenters. The minimum atomic E-state index is -2.84. The molecule has 1 heterocycles. The van der Waals surface area contributed by atoms with Gasteiger partial charge in [-0.1, -0.05) is 24.3 Å². The molecule has 2 nitrogen and oxygen atoms in total. The fourth-order valence-corrected chi connectivity index (χ4v) is 1.68. The van der Waals surface area contributed by atoms with Gasteiger partial charge in [0.2, 0.25) is 0 Å². The number of alkyl halides is 2. The van der Waals surface area contributed by atoms with Crippen LogP contribution in [0.2, 0.25) is 0 Å².